The van der Waals surface area contributed by atoms with Gasteiger partial charge in [-0.25, -0.2) is 4.39 Å². The molecule has 0 aliphatic carbocycles. The molecule has 1 amide bonds. The van der Waals surface area contributed by atoms with Crippen LogP contribution in [0.3, 0.4) is 0 Å². The Morgan fingerprint density at radius 2 is 1.42 bits per heavy atom. The Kier molecular flexibility index (Phi) is 4.74. The standard InChI is InChI=1S/C26H24FNO5/c1-17(2)25(30)24(22(29)28-21-11-7-4-8-12-21)23(32-24,18-9-5-3-6-10-18)26(31,33-25)19-13-15-20(27)16-14-19/h3-17,30-31H,1-2H3,(H,28,29). The summed E-state index contributed by atoms with van der Waals surface area (Å²) in [6.45, 7) is 3.34. The summed E-state index contributed by atoms with van der Waals surface area (Å²) in [5, 5.41) is 26.6. The van der Waals surface area contributed by atoms with E-state index >= 15 is 0 Å². The first-order chi connectivity index (χ1) is 15.7. The number of para-hydroxylation sites is 1. The first kappa shape index (κ1) is 21.7. The number of nitrogens with one attached hydrogen (secondary N) is 1. The van der Waals surface area contributed by atoms with E-state index in [1.54, 1.807) is 68.4 Å². The van der Waals surface area contributed by atoms with Crippen LogP contribution in [0.2, 0.25) is 0 Å². The zero-order valence-corrected chi connectivity index (χ0v) is 18.2. The van der Waals surface area contributed by atoms with Crippen molar-refractivity contribution >= 4 is 11.6 Å². The number of anilines is 1. The number of halogens is 1. The van der Waals surface area contributed by atoms with E-state index in [0.29, 0.717) is 11.3 Å². The van der Waals surface area contributed by atoms with Crippen LogP contribution in [0, 0.1) is 11.7 Å². The molecule has 0 radical (unpaired) electrons. The van der Waals surface area contributed by atoms with Gasteiger partial charge in [0.2, 0.25) is 17.2 Å². The lowest BCUT2D eigenvalue weighted by Gasteiger charge is -2.37. The minimum absolute atomic E-state index is 0.152. The highest BCUT2D eigenvalue weighted by Gasteiger charge is 2.97. The Hall–Kier alpha value is -3.10. The van der Waals surface area contributed by atoms with Gasteiger partial charge in [-0.05, 0) is 29.8 Å². The molecular formula is C26H24FNO5. The van der Waals surface area contributed by atoms with Crippen molar-refractivity contribution in [2.24, 2.45) is 5.92 Å². The van der Waals surface area contributed by atoms with Gasteiger partial charge in [0.25, 0.3) is 5.91 Å². The fourth-order valence-corrected chi connectivity index (χ4v) is 4.91. The van der Waals surface area contributed by atoms with E-state index in [1.165, 1.54) is 24.3 Å². The number of carbonyl (C=O) groups excluding carboxylic acids is 1. The fraction of sp³-hybridized carbons (Fsp3) is 0.269. The number of epoxide rings is 1. The van der Waals surface area contributed by atoms with Gasteiger partial charge in [0.15, 0.2) is 5.60 Å². The largest absolute Gasteiger partial charge is 0.362 e. The van der Waals surface area contributed by atoms with Crippen molar-refractivity contribution < 1.29 is 28.9 Å². The molecule has 2 heterocycles. The summed E-state index contributed by atoms with van der Waals surface area (Å²) in [6, 6.07) is 22.5. The predicted octanol–water partition coefficient (Wildman–Crippen LogP) is 3.65. The van der Waals surface area contributed by atoms with Gasteiger partial charge in [-0.1, -0.05) is 74.5 Å². The third-order valence-corrected chi connectivity index (χ3v) is 6.60. The molecule has 2 saturated heterocycles. The third kappa shape index (κ3) is 2.71. The van der Waals surface area contributed by atoms with Gasteiger partial charge in [-0.3, -0.25) is 4.79 Å². The van der Waals surface area contributed by atoms with Gasteiger partial charge in [0.1, 0.15) is 5.82 Å². The van der Waals surface area contributed by atoms with Crippen LogP contribution in [-0.4, -0.2) is 27.5 Å². The normalized spacial score (nSPS) is 32.4. The number of aliphatic hydroxyl groups is 2. The summed E-state index contributed by atoms with van der Waals surface area (Å²) in [4.78, 5) is 13.8. The lowest BCUT2D eigenvalue weighted by Crippen LogP contribution is -2.56. The fourth-order valence-electron chi connectivity index (χ4n) is 4.91. The molecule has 3 aromatic rings. The lowest BCUT2D eigenvalue weighted by atomic mass is 9.74. The average molecular weight is 449 g/mol. The van der Waals surface area contributed by atoms with Gasteiger partial charge in [-0.2, -0.15) is 0 Å². The van der Waals surface area contributed by atoms with Crippen LogP contribution in [0.1, 0.15) is 25.0 Å². The maximum atomic E-state index is 13.8. The highest BCUT2D eigenvalue weighted by molar-refractivity contribution is 6.02. The molecular weight excluding hydrogens is 425 g/mol. The molecule has 0 saturated carbocycles. The second-order valence-electron chi connectivity index (χ2n) is 8.75. The van der Waals surface area contributed by atoms with E-state index in [0.717, 1.165) is 0 Å². The van der Waals surface area contributed by atoms with Crippen molar-refractivity contribution in [3.8, 4) is 0 Å². The maximum Gasteiger partial charge on any atom is 0.266 e. The van der Waals surface area contributed by atoms with Crippen LogP contribution in [0.25, 0.3) is 0 Å². The smallest absolute Gasteiger partial charge is 0.266 e. The number of carbonyl (C=O) groups is 1. The number of ether oxygens (including phenoxy) is 2. The van der Waals surface area contributed by atoms with Crippen LogP contribution in [0.5, 0.6) is 0 Å². The first-order valence-corrected chi connectivity index (χ1v) is 10.7. The summed E-state index contributed by atoms with van der Waals surface area (Å²) < 4.78 is 25.9. The molecule has 2 aliphatic heterocycles. The molecule has 170 valence electrons. The van der Waals surface area contributed by atoms with Gasteiger partial charge in [0, 0.05) is 17.2 Å². The molecule has 2 aliphatic rings. The zero-order valence-electron chi connectivity index (χ0n) is 18.2. The van der Waals surface area contributed by atoms with E-state index in [1.807, 2.05) is 6.07 Å². The van der Waals surface area contributed by atoms with Crippen LogP contribution in [-0.2, 0) is 25.7 Å². The van der Waals surface area contributed by atoms with Gasteiger partial charge < -0.3 is 25.0 Å². The topological polar surface area (TPSA) is 91.3 Å². The number of fused-ring (bicyclic) bond motifs is 1. The number of hydrogen-bond acceptors (Lipinski definition) is 5. The number of rotatable bonds is 5. The molecule has 3 aromatic carbocycles. The minimum atomic E-state index is -2.28. The molecule has 0 bridgehead atoms. The van der Waals surface area contributed by atoms with E-state index < -0.39 is 40.4 Å². The molecule has 0 spiro atoms. The summed E-state index contributed by atoms with van der Waals surface area (Å²) in [7, 11) is 0. The van der Waals surface area contributed by atoms with E-state index in [2.05, 4.69) is 5.32 Å². The molecule has 3 N–H and O–H groups in total. The second kappa shape index (κ2) is 7.20. The monoisotopic (exact) mass is 449 g/mol. The number of benzene rings is 3. The SMILES string of the molecule is CC(C)C1(O)OC(O)(c2ccc(F)cc2)C2(c3ccccc3)OC12C(=O)Nc1ccccc1. The maximum absolute atomic E-state index is 13.8. The van der Waals surface area contributed by atoms with Crippen LogP contribution >= 0.6 is 0 Å². The second-order valence-corrected chi connectivity index (χ2v) is 8.75. The molecule has 7 heteroatoms. The molecule has 6 nitrogen and oxygen atoms in total. The summed E-state index contributed by atoms with van der Waals surface area (Å²) in [5.41, 5.74) is -2.67. The van der Waals surface area contributed by atoms with Crippen molar-refractivity contribution in [1.82, 2.24) is 0 Å². The lowest BCUT2D eigenvalue weighted by molar-refractivity contribution is -0.366. The minimum Gasteiger partial charge on any atom is -0.362 e. The molecule has 33 heavy (non-hydrogen) atoms. The van der Waals surface area contributed by atoms with Crippen LogP contribution in [0.4, 0.5) is 10.1 Å². The summed E-state index contributed by atoms with van der Waals surface area (Å²) >= 11 is 0. The Balaban J connectivity index is 1.73. The van der Waals surface area contributed by atoms with Crippen molar-refractivity contribution in [2.45, 2.75) is 36.6 Å². The quantitative estimate of drug-likeness (QED) is 0.518. The van der Waals surface area contributed by atoms with Crippen LogP contribution in [0.15, 0.2) is 84.9 Å². The van der Waals surface area contributed by atoms with Crippen molar-refractivity contribution in [3.05, 3.63) is 102 Å². The Labute approximate surface area is 190 Å². The highest BCUT2D eigenvalue weighted by atomic mass is 19.1. The van der Waals surface area contributed by atoms with Gasteiger partial charge >= 0.3 is 0 Å². The number of hydrogen-bond donors (Lipinski definition) is 3. The predicted molar refractivity (Wildman–Crippen MR) is 118 cm³/mol. The first-order valence-electron chi connectivity index (χ1n) is 10.7. The van der Waals surface area contributed by atoms with Crippen LogP contribution < -0.4 is 5.32 Å². The Morgan fingerprint density at radius 3 is 2.00 bits per heavy atom. The average Bonchev–Trinajstić information content (AvgIpc) is 3.50. The van der Waals surface area contributed by atoms with E-state index in [4.69, 9.17) is 9.47 Å². The van der Waals surface area contributed by atoms with Gasteiger partial charge in [-0.15, -0.1) is 0 Å². The van der Waals surface area contributed by atoms with Crippen molar-refractivity contribution in [1.29, 1.82) is 0 Å². The molecule has 4 atom stereocenters. The summed E-state index contributed by atoms with van der Waals surface area (Å²) in [5.74, 6) is -6.30. The van der Waals surface area contributed by atoms with Crippen molar-refractivity contribution in [2.75, 3.05) is 5.32 Å². The Morgan fingerprint density at radius 1 is 0.848 bits per heavy atom. The molecule has 2 fully saturated rings. The molecule has 4 unspecified atom stereocenters. The zero-order chi connectivity index (χ0) is 23.5. The van der Waals surface area contributed by atoms with Crippen molar-refractivity contribution in [3.63, 3.8) is 0 Å². The Bertz CT molecular complexity index is 1190. The molecule has 5 rings (SSSR count). The van der Waals surface area contributed by atoms with E-state index in [9.17, 15) is 19.4 Å². The summed E-state index contributed by atoms with van der Waals surface area (Å²) in [6.07, 6.45) is 0. The molecule has 0 aromatic heterocycles. The third-order valence-electron chi connectivity index (χ3n) is 6.60. The van der Waals surface area contributed by atoms with E-state index in [-0.39, 0.29) is 5.56 Å². The number of amides is 1. The highest BCUT2D eigenvalue weighted by Crippen LogP contribution is 2.76. The van der Waals surface area contributed by atoms with Gasteiger partial charge in [0.05, 0.1) is 0 Å².